The molecule has 1 aliphatic rings. The molecular weight excluding hydrogens is 316 g/mol. The molecule has 4 heteroatoms. The van der Waals surface area contributed by atoms with Gasteiger partial charge in [-0.1, -0.05) is 29.8 Å². The molecule has 0 amide bonds. The summed E-state index contributed by atoms with van der Waals surface area (Å²) in [6.45, 7) is 10.3. The van der Waals surface area contributed by atoms with Crippen LogP contribution in [0.5, 0.6) is 0 Å². The van der Waals surface area contributed by atoms with Crippen LogP contribution < -0.4 is 10.2 Å². The lowest BCUT2D eigenvalue weighted by molar-refractivity contribution is 0.0821. The highest BCUT2D eigenvalue weighted by molar-refractivity contribution is 9.10. The summed E-state index contributed by atoms with van der Waals surface area (Å²) in [6, 6.07) is 7.07. The third kappa shape index (κ3) is 4.47. The molecule has 0 aliphatic carbocycles. The monoisotopic (exact) mass is 340 g/mol. The number of benzene rings is 1. The highest BCUT2D eigenvalue weighted by Crippen LogP contribution is 2.26. The van der Waals surface area contributed by atoms with E-state index < -0.39 is 0 Å². The van der Waals surface area contributed by atoms with E-state index in [9.17, 15) is 0 Å². The Morgan fingerprint density at radius 3 is 3.00 bits per heavy atom. The number of nitrogens with one attached hydrogen (secondary N) is 1. The summed E-state index contributed by atoms with van der Waals surface area (Å²) in [7, 11) is 0. The Balaban J connectivity index is 2.20. The number of hydrogen-bond acceptors (Lipinski definition) is 3. The van der Waals surface area contributed by atoms with Crippen molar-refractivity contribution in [3.8, 4) is 0 Å². The molecule has 1 fully saturated rings. The number of hydrogen-bond donors (Lipinski definition) is 1. The third-order valence-electron chi connectivity index (χ3n) is 3.54. The summed E-state index contributed by atoms with van der Waals surface area (Å²) in [5, 5.41) is 3.52. The summed E-state index contributed by atoms with van der Waals surface area (Å²) in [6.07, 6.45) is 1.39. The second-order valence-electron chi connectivity index (χ2n) is 5.79. The van der Waals surface area contributed by atoms with Gasteiger partial charge in [-0.2, -0.15) is 0 Å². The molecule has 1 unspecified atom stereocenters. The maximum Gasteiger partial charge on any atom is 0.0721 e. The lowest BCUT2D eigenvalue weighted by atomic mass is 10.1. The van der Waals surface area contributed by atoms with Crippen LogP contribution in [-0.4, -0.2) is 31.8 Å². The fourth-order valence-corrected chi connectivity index (χ4v) is 2.94. The minimum absolute atomic E-state index is 0.298. The van der Waals surface area contributed by atoms with Crippen LogP contribution in [0.1, 0.15) is 32.8 Å². The van der Waals surface area contributed by atoms with Crippen LogP contribution in [0.4, 0.5) is 5.69 Å². The second kappa shape index (κ2) is 7.43. The predicted octanol–water partition coefficient (Wildman–Crippen LogP) is 3.56. The third-order valence-corrected chi connectivity index (χ3v) is 4.03. The fourth-order valence-electron chi connectivity index (χ4n) is 2.53. The first kappa shape index (κ1) is 15.8. The van der Waals surface area contributed by atoms with Crippen LogP contribution >= 0.6 is 15.9 Å². The molecule has 0 spiro atoms. The normalized spacial score (nSPS) is 20.2. The molecular formula is C16H25BrN2O. The van der Waals surface area contributed by atoms with Crippen molar-refractivity contribution in [2.75, 3.05) is 24.6 Å². The predicted molar refractivity (Wildman–Crippen MR) is 88.4 cm³/mol. The van der Waals surface area contributed by atoms with Crippen LogP contribution in [-0.2, 0) is 11.3 Å². The van der Waals surface area contributed by atoms with Gasteiger partial charge in [0.05, 0.1) is 6.10 Å². The number of anilines is 1. The first-order chi connectivity index (χ1) is 9.56. The van der Waals surface area contributed by atoms with E-state index in [0.29, 0.717) is 12.1 Å². The molecule has 1 aliphatic heterocycles. The van der Waals surface area contributed by atoms with Gasteiger partial charge in [0.2, 0.25) is 0 Å². The van der Waals surface area contributed by atoms with Crippen LogP contribution in [0.3, 0.4) is 0 Å². The summed E-state index contributed by atoms with van der Waals surface area (Å²) < 4.78 is 6.89. The maximum absolute atomic E-state index is 5.75. The van der Waals surface area contributed by atoms with Crippen molar-refractivity contribution in [2.45, 2.75) is 45.9 Å². The Bertz CT molecular complexity index is 436. The quantitative estimate of drug-likeness (QED) is 0.906. The Labute approximate surface area is 130 Å². The highest BCUT2D eigenvalue weighted by Gasteiger charge is 2.18. The van der Waals surface area contributed by atoms with Gasteiger partial charge in [-0.05, 0) is 37.1 Å². The van der Waals surface area contributed by atoms with Crippen LogP contribution in [0.15, 0.2) is 22.7 Å². The van der Waals surface area contributed by atoms with E-state index >= 15 is 0 Å². The zero-order chi connectivity index (χ0) is 14.5. The molecule has 1 aromatic rings. The van der Waals surface area contributed by atoms with Gasteiger partial charge < -0.3 is 15.0 Å². The van der Waals surface area contributed by atoms with E-state index in [0.717, 1.165) is 37.1 Å². The molecule has 0 bridgehead atoms. The van der Waals surface area contributed by atoms with Crippen molar-refractivity contribution in [3.63, 3.8) is 0 Å². The SMILES string of the molecule is CC(C)NCc1cc(Br)ccc1N1CCCOC(C)C1. The average molecular weight is 341 g/mol. The van der Waals surface area contributed by atoms with E-state index in [-0.39, 0.29) is 0 Å². The van der Waals surface area contributed by atoms with E-state index in [1.807, 2.05) is 0 Å². The molecule has 0 aromatic heterocycles. The minimum Gasteiger partial charge on any atom is -0.377 e. The van der Waals surface area contributed by atoms with Gasteiger partial charge in [0.1, 0.15) is 0 Å². The number of rotatable bonds is 4. The largest absolute Gasteiger partial charge is 0.377 e. The van der Waals surface area contributed by atoms with E-state index in [1.165, 1.54) is 11.3 Å². The van der Waals surface area contributed by atoms with Crippen LogP contribution in [0.2, 0.25) is 0 Å². The molecule has 1 aromatic carbocycles. The second-order valence-corrected chi connectivity index (χ2v) is 6.71. The highest BCUT2D eigenvalue weighted by atomic mass is 79.9. The molecule has 1 atom stereocenters. The smallest absolute Gasteiger partial charge is 0.0721 e. The topological polar surface area (TPSA) is 24.5 Å². The van der Waals surface area contributed by atoms with Gasteiger partial charge in [-0.15, -0.1) is 0 Å². The summed E-state index contributed by atoms with van der Waals surface area (Å²) in [5.41, 5.74) is 2.68. The lowest BCUT2D eigenvalue weighted by Crippen LogP contribution is -2.32. The van der Waals surface area contributed by atoms with Gasteiger partial charge in [0.25, 0.3) is 0 Å². The molecule has 0 radical (unpaired) electrons. The zero-order valence-corrected chi connectivity index (χ0v) is 14.2. The molecule has 1 N–H and O–H groups in total. The Hall–Kier alpha value is -0.580. The summed E-state index contributed by atoms with van der Waals surface area (Å²) in [4.78, 5) is 2.46. The van der Waals surface area contributed by atoms with Crippen molar-refractivity contribution in [2.24, 2.45) is 0 Å². The van der Waals surface area contributed by atoms with E-state index in [1.54, 1.807) is 0 Å². The molecule has 112 valence electrons. The molecule has 1 heterocycles. The Morgan fingerprint density at radius 1 is 1.45 bits per heavy atom. The standard InChI is InChI=1S/C16H25BrN2O/c1-12(2)18-10-14-9-15(17)5-6-16(14)19-7-4-8-20-13(3)11-19/h5-6,9,12-13,18H,4,7-8,10-11H2,1-3H3. The number of ether oxygens (including phenoxy) is 1. The van der Waals surface area contributed by atoms with Crippen molar-refractivity contribution in [1.29, 1.82) is 0 Å². The molecule has 20 heavy (non-hydrogen) atoms. The zero-order valence-electron chi connectivity index (χ0n) is 12.7. The van der Waals surface area contributed by atoms with Gasteiger partial charge in [-0.3, -0.25) is 0 Å². The van der Waals surface area contributed by atoms with Crippen molar-refractivity contribution in [1.82, 2.24) is 5.32 Å². The first-order valence-corrected chi connectivity index (χ1v) is 8.24. The minimum atomic E-state index is 0.298. The average Bonchev–Trinajstić information content (AvgIpc) is 2.61. The molecule has 2 rings (SSSR count). The summed E-state index contributed by atoms with van der Waals surface area (Å²) in [5.74, 6) is 0. The number of nitrogens with zero attached hydrogens (tertiary/aromatic N) is 1. The number of halogens is 1. The Morgan fingerprint density at radius 2 is 2.25 bits per heavy atom. The van der Waals surface area contributed by atoms with E-state index in [4.69, 9.17) is 4.74 Å². The van der Waals surface area contributed by atoms with Crippen LogP contribution in [0, 0.1) is 0 Å². The molecule has 1 saturated heterocycles. The first-order valence-electron chi connectivity index (χ1n) is 7.44. The Kier molecular flexibility index (Phi) is 5.87. The van der Waals surface area contributed by atoms with E-state index in [2.05, 4.69) is 65.1 Å². The van der Waals surface area contributed by atoms with Crippen molar-refractivity contribution in [3.05, 3.63) is 28.2 Å². The van der Waals surface area contributed by atoms with Gasteiger partial charge >= 0.3 is 0 Å². The van der Waals surface area contributed by atoms with Gasteiger partial charge in [-0.25, -0.2) is 0 Å². The fraction of sp³-hybridized carbons (Fsp3) is 0.625. The maximum atomic E-state index is 5.75. The van der Waals surface area contributed by atoms with Gasteiger partial charge in [0.15, 0.2) is 0 Å². The van der Waals surface area contributed by atoms with Crippen molar-refractivity contribution < 1.29 is 4.74 Å². The molecule has 0 saturated carbocycles. The van der Waals surface area contributed by atoms with Gasteiger partial charge in [0, 0.05) is 42.4 Å². The summed E-state index contributed by atoms with van der Waals surface area (Å²) >= 11 is 3.58. The lowest BCUT2D eigenvalue weighted by Gasteiger charge is -2.27. The van der Waals surface area contributed by atoms with Crippen LogP contribution in [0.25, 0.3) is 0 Å². The molecule has 3 nitrogen and oxygen atoms in total. The van der Waals surface area contributed by atoms with Crippen molar-refractivity contribution >= 4 is 21.6 Å².